The Bertz CT molecular complexity index is 11.6. The molecule has 1 radical (unpaired) electrons. The maximum absolute atomic E-state index is 2.46. The first-order valence-electron chi connectivity index (χ1n) is 0.401. The summed E-state index contributed by atoms with van der Waals surface area (Å²) in [6.07, 6.45) is 0. The molecule has 0 aromatic rings. The fourth-order valence-corrected chi connectivity index (χ4v) is 0. The Morgan fingerprint density at radius 1 is 1.00 bits per heavy atom. The molecule has 0 fully saturated rings. The van der Waals surface area contributed by atoms with E-state index in [0.29, 0.717) is 0 Å². The third-order valence-electron chi connectivity index (χ3n) is 0. The van der Waals surface area contributed by atoms with E-state index >= 15 is 0 Å². The molecule has 5 heavy (non-hydrogen) atoms. The van der Waals surface area contributed by atoms with Gasteiger partial charge in [0.05, 0.1) is 0 Å². The molecule has 0 spiro atoms. The smallest absolute Gasteiger partial charge is 0 e. The zero-order valence-corrected chi connectivity index (χ0v) is 12.4. The van der Waals surface area contributed by atoms with Crippen LogP contribution in [0.3, 0.4) is 0 Å². The second kappa shape index (κ2) is 7.46. The van der Waals surface area contributed by atoms with E-state index in [1.165, 1.54) is 0 Å². The molecule has 0 bridgehead atoms. The summed E-state index contributed by atoms with van der Waals surface area (Å²) in [4.78, 5) is 0. The van der Waals surface area contributed by atoms with E-state index in [1.54, 1.807) is 0 Å². The third kappa shape index (κ3) is 18.6. The van der Waals surface area contributed by atoms with Crippen molar-refractivity contribution in [2.24, 2.45) is 0 Å². The van der Waals surface area contributed by atoms with E-state index < -0.39 is 0 Å². The molecule has 0 unspecified atom stereocenters. The van der Waals surface area contributed by atoms with Crippen LogP contribution in [0.4, 0.5) is 0 Å². The maximum Gasteiger partial charge on any atom is 0 e. The molecule has 0 nitrogen and oxygen atoms in total. The molecule has 0 saturated heterocycles. The van der Waals surface area contributed by atoms with Gasteiger partial charge in [0, 0.05) is 20.1 Å². The van der Waals surface area contributed by atoms with Crippen molar-refractivity contribution >= 4 is 59.3 Å². The fourth-order valence-electron chi connectivity index (χ4n) is 0. The second-order valence-electron chi connectivity index (χ2n) is 0.152. The summed E-state index contributed by atoms with van der Waals surface area (Å²) >= 11 is 7.38. The van der Waals surface area contributed by atoms with Crippen molar-refractivity contribution in [1.29, 1.82) is 0 Å². The summed E-state index contributed by atoms with van der Waals surface area (Å²) in [7, 11) is 0. The van der Waals surface area contributed by atoms with Crippen molar-refractivity contribution in [2.45, 2.75) is 0 Å². The quantitative estimate of drug-likeness (QED) is 0.274. The molecule has 0 aliphatic carbocycles. The van der Waals surface area contributed by atoms with Gasteiger partial charge in [0.2, 0.25) is 0 Å². The summed E-state index contributed by atoms with van der Waals surface area (Å²) in [5.74, 6) is 0. The Kier molecular flexibility index (Phi) is 16.8. The number of hydrogen-bond donors (Lipinski definition) is 0. The third-order valence-corrected chi connectivity index (χ3v) is 0. The predicted molar refractivity (Wildman–Crippen MR) is 42.1 cm³/mol. The standard InChI is InChI=1S/3HI.Ir.Ru/h3*1H;;/q;;;;+3/p-3. The van der Waals surface area contributed by atoms with E-state index in [4.69, 9.17) is 0 Å². The van der Waals surface area contributed by atoms with Crippen LogP contribution in [0, 0.1) is 0 Å². The molecule has 0 heterocycles. The van der Waals surface area contributed by atoms with Crippen LogP contribution in [0.2, 0.25) is 0 Å². The van der Waals surface area contributed by atoms with Crippen molar-refractivity contribution in [3.8, 4) is 0 Å². The minimum atomic E-state index is -0.260. The second-order valence-corrected chi connectivity index (χ2v) is 40.3. The van der Waals surface area contributed by atoms with Crippen LogP contribution in [-0.2, 0) is 25.5 Å². The van der Waals surface area contributed by atoms with Crippen molar-refractivity contribution < 1.29 is 25.5 Å². The topological polar surface area (TPSA) is 0 Å². The molecule has 0 saturated carbocycles. The van der Waals surface area contributed by atoms with E-state index in [2.05, 4.69) is 59.3 Å². The van der Waals surface area contributed by atoms with Gasteiger partial charge in [0.25, 0.3) is 0 Å². The SMILES string of the molecule is [I][Ru]([I])[I].[Ir]. The Morgan fingerprint density at radius 3 is 1.00 bits per heavy atom. The maximum atomic E-state index is 2.46. The van der Waals surface area contributed by atoms with Crippen molar-refractivity contribution in [3.05, 3.63) is 0 Å². The predicted octanol–water partition coefficient (Wildman–Crippen LogP) is 2.65. The van der Waals surface area contributed by atoms with Gasteiger partial charge in [-0.1, -0.05) is 0 Å². The van der Waals surface area contributed by atoms with Crippen LogP contribution in [-0.4, -0.2) is 0 Å². The molecule has 0 N–H and O–H groups in total. The van der Waals surface area contributed by atoms with Crippen LogP contribution in [0.1, 0.15) is 0 Å². The molecule has 0 rings (SSSR count). The van der Waals surface area contributed by atoms with Gasteiger partial charge in [-0.3, -0.25) is 0 Å². The van der Waals surface area contributed by atoms with Gasteiger partial charge in [-0.2, -0.15) is 0 Å². The van der Waals surface area contributed by atoms with Gasteiger partial charge in [-0.05, 0) is 0 Å². The molecule has 0 amide bonds. The summed E-state index contributed by atoms with van der Waals surface area (Å²) in [6, 6.07) is 0. The van der Waals surface area contributed by atoms with E-state index in [0.717, 1.165) is 0 Å². The minimum Gasteiger partial charge on any atom is 0 e. The van der Waals surface area contributed by atoms with Crippen LogP contribution in [0.15, 0.2) is 0 Å². The first kappa shape index (κ1) is 11.3. The van der Waals surface area contributed by atoms with E-state index in [1.807, 2.05) is 0 Å². The normalized spacial score (nSPS) is 9.00. The van der Waals surface area contributed by atoms with Gasteiger partial charge < -0.3 is 0 Å². The molecule has 0 aliphatic rings. The van der Waals surface area contributed by atoms with E-state index in [-0.39, 0.29) is 25.5 Å². The molecule has 38 valence electrons. The van der Waals surface area contributed by atoms with Crippen LogP contribution in [0.25, 0.3) is 0 Å². The Hall–Kier alpha value is 3.46. The number of rotatable bonds is 0. The molecule has 0 atom stereocenters. The first-order valence-corrected chi connectivity index (χ1v) is 15.9. The first-order chi connectivity index (χ1) is 1.73. The van der Waals surface area contributed by atoms with Crippen molar-refractivity contribution in [3.63, 3.8) is 0 Å². The largest absolute Gasteiger partial charge is 0 e. The van der Waals surface area contributed by atoms with Gasteiger partial charge in [-0.15, -0.1) is 0 Å². The summed E-state index contributed by atoms with van der Waals surface area (Å²) in [6.45, 7) is 0. The molecular weight excluding hydrogens is 674 g/mol. The Balaban J connectivity index is 0. The summed E-state index contributed by atoms with van der Waals surface area (Å²) in [5, 5.41) is -0.260. The van der Waals surface area contributed by atoms with Crippen LogP contribution >= 0.6 is 59.3 Å². The van der Waals surface area contributed by atoms with Crippen molar-refractivity contribution in [2.75, 3.05) is 0 Å². The van der Waals surface area contributed by atoms with Gasteiger partial charge in [-0.25, -0.2) is 0 Å². The van der Waals surface area contributed by atoms with Gasteiger partial charge in [0.15, 0.2) is 0 Å². The molecule has 0 aromatic heterocycles. The van der Waals surface area contributed by atoms with Gasteiger partial charge in [0.1, 0.15) is 0 Å². The molecule has 5 heteroatoms. The summed E-state index contributed by atoms with van der Waals surface area (Å²) in [5.41, 5.74) is 0. The van der Waals surface area contributed by atoms with Gasteiger partial charge >= 0.3 is 64.7 Å². The number of hydrogen-bond acceptors (Lipinski definition) is 0. The average Bonchev–Trinajstić information content (AvgIpc) is 0.811. The zero-order valence-electron chi connectivity index (χ0n) is 1.82. The monoisotopic (exact) mass is 676 g/mol. The fraction of sp³-hybridized carbons (Fsp3) is 0. The van der Waals surface area contributed by atoms with Crippen LogP contribution in [0.5, 0.6) is 0 Å². The molecule has 0 aliphatic heterocycles. The van der Waals surface area contributed by atoms with E-state index in [9.17, 15) is 0 Å². The van der Waals surface area contributed by atoms with Crippen molar-refractivity contribution in [1.82, 2.24) is 0 Å². The molecular formula is I3IrRu. The van der Waals surface area contributed by atoms with Crippen LogP contribution < -0.4 is 0 Å². The Morgan fingerprint density at radius 2 is 1.00 bits per heavy atom. The molecule has 0 aromatic carbocycles. The minimum absolute atomic E-state index is 0. The average molecular weight is 674 g/mol. The number of halogens is 3. The Labute approximate surface area is 82.4 Å². The zero-order chi connectivity index (χ0) is 3.58. The summed E-state index contributed by atoms with van der Waals surface area (Å²) < 4.78 is 0.